The molecule has 1 heteroatoms. The van der Waals surface area contributed by atoms with Crippen molar-refractivity contribution in [2.75, 3.05) is 4.90 Å². The lowest BCUT2D eigenvalue weighted by Gasteiger charge is -2.28. The van der Waals surface area contributed by atoms with Crippen LogP contribution >= 0.6 is 0 Å². The Labute approximate surface area is 331 Å². The van der Waals surface area contributed by atoms with Gasteiger partial charge in [-0.1, -0.05) is 166 Å². The van der Waals surface area contributed by atoms with Crippen molar-refractivity contribution in [3.63, 3.8) is 0 Å². The average molecular weight is 720 g/mol. The summed E-state index contributed by atoms with van der Waals surface area (Å²) in [5.74, 6) is 0. The highest BCUT2D eigenvalue weighted by atomic mass is 15.1. The Balaban J connectivity index is 1.03. The minimum absolute atomic E-state index is 0.149. The minimum atomic E-state index is -0.149. The number of fused-ring (bicyclic) bond motifs is 4. The summed E-state index contributed by atoms with van der Waals surface area (Å²) in [7, 11) is 0. The number of aryl methyl sites for hydroxylation is 1. The third-order valence-corrected chi connectivity index (χ3v) is 12.3. The van der Waals surface area contributed by atoms with Gasteiger partial charge < -0.3 is 4.90 Å². The van der Waals surface area contributed by atoms with E-state index in [0.717, 1.165) is 17.1 Å². The first kappa shape index (κ1) is 34.1. The molecule has 0 saturated heterocycles. The summed E-state index contributed by atoms with van der Waals surface area (Å²) in [5, 5.41) is 0. The van der Waals surface area contributed by atoms with Crippen molar-refractivity contribution < 1.29 is 0 Å². The highest BCUT2D eigenvalue weighted by Crippen LogP contribution is 2.53. The molecule has 0 bridgehead atoms. The van der Waals surface area contributed by atoms with Gasteiger partial charge >= 0.3 is 0 Å². The van der Waals surface area contributed by atoms with Gasteiger partial charge in [0.05, 0.1) is 0 Å². The van der Waals surface area contributed by atoms with Crippen molar-refractivity contribution in [2.24, 2.45) is 0 Å². The Morgan fingerprint density at radius 3 is 1.54 bits per heavy atom. The molecule has 10 rings (SSSR count). The molecule has 0 heterocycles. The molecule has 0 aromatic heterocycles. The van der Waals surface area contributed by atoms with Crippen LogP contribution < -0.4 is 4.90 Å². The zero-order valence-corrected chi connectivity index (χ0v) is 32.2. The summed E-state index contributed by atoms with van der Waals surface area (Å²) in [6.45, 7) is 4.75. The zero-order valence-electron chi connectivity index (χ0n) is 32.2. The first-order valence-electron chi connectivity index (χ1n) is 20.1. The molecule has 8 aromatic carbocycles. The number of benzene rings is 8. The maximum absolute atomic E-state index is 2.43. The van der Waals surface area contributed by atoms with Crippen molar-refractivity contribution in [1.82, 2.24) is 0 Å². The van der Waals surface area contributed by atoms with Crippen molar-refractivity contribution in [3.8, 4) is 55.6 Å². The third-order valence-electron chi connectivity index (χ3n) is 12.3. The number of hydrogen-bond acceptors (Lipinski definition) is 1. The quantitative estimate of drug-likeness (QED) is 0.159. The number of rotatable bonds is 7. The molecule has 0 N–H and O–H groups in total. The SMILES string of the molecule is CC1(C)c2cc(N(c3ccc(-c4ccccc4)cc3)c3ccc(-c4ccc(-c5cccc6c5CCCC6)cc4)cc3)ccc2-c2c(-c3ccccc3)cccc21. The van der Waals surface area contributed by atoms with Gasteiger partial charge in [-0.2, -0.15) is 0 Å². The molecular weight excluding hydrogens is 675 g/mol. The van der Waals surface area contributed by atoms with Gasteiger partial charge in [0.25, 0.3) is 0 Å². The predicted octanol–water partition coefficient (Wildman–Crippen LogP) is 15.0. The molecule has 0 aliphatic heterocycles. The first-order valence-corrected chi connectivity index (χ1v) is 20.1. The van der Waals surface area contributed by atoms with Gasteiger partial charge in [-0.15, -0.1) is 0 Å². The van der Waals surface area contributed by atoms with E-state index in [0.29, 0.717) is 0 Å². The highest BCUT2D eigenvalue weighted by Gasteiger charge is 2.37. The van der Waals surface area contributed by atoms with E-state index < -0.39 is 0 Å². The van der Waals surface area contributed by atoms with Crippen molar-refractivity contribution in [2.45, 2.75) is 44.9 Å². The summed E-state index contributed by atoms with van der Waals surface area (Å²) in [6.07, 6.45) is 4.97. The lowest BCUT2D eigenvalue weighted by Crippen LogP contribution is -2.16. The molecule has 0 radical (unpaired) electrons. The van der Waals surface area contributed by atoms with Gasteiger partial charge in [0.1, 0.15) is 0 Å². The van der Waals surface area contributed by atoms with Gasteiger partial charge in [0, 0.05) is 22.5 Å². The highest BCUT2D eigenvalue weighted by molar-refractivity contribution is 5.94. The summed E-state index contributed by atoms with van der Waals surface area (Å²) < 4.78 is 0. The maximum Gasteiger partial charge on any atom is 0.0465 e. The molecule has 1 nitrogen and oxygen atoms in total. The van der Waals surface area contributed by atoms with Crippen molar-refractivity contribution in [1.29, 1.82) is 0 Å². The van der Waals surface area contributed by atoms with Gasteiger partial charge in [-0.25, -0.2) is 0 Å². The number of anilines is 3. The van der Waals surface area contributed by atoms with E-state index >= 15 is 0 Å². The molecule has 2 aliphatic carbocycles. The molecule has 8 aromatic rings. The lowest BCUT2D eigenvalue weighted by molar-refractivity contribution is 0.660. The normalized spacial score (nSPS) is 13.8. The maximum atomic E-state index is 2.43. The van der Waals surface area contributed by atoms with Gasteiger partial charge in [0.2, 0.25) is 0 Å². The number of nitrogens with zero attached hydrogens (tertiary/aromatic N) is 1. The molecule has 0 spiro atoms. The van der Waals surface area contributed by atoms with Crippen LogP contribution in [0, 0.1) is 0 Å². The van der Waals surface area contributed by atoms with E-state index in [1.54, 1.807) is 5.56 Å². The molecule has 0 atom stereocenters. The van der Waals surface area contributed by atoms with Crippen LogP contribution in [-0.2, 0) is 18.3 Å². The second-order valence-electron chi connectivity index (χ2n) is 16.0. The van der Waals surface area contributed by atoms with E-state index in [9.17, 15) is 0 Å². The fourth-order valence-corrected chi connectivity index (χ4v) is 9.35. The van der Waals surface area contributed by atoms with Crippen LogP contribution in [0.3, 0.4) is 0 Å². The van der Waals surface area contributed by atoms with Crippen LogP contribution in [0.1, 0.15) is 48.9 Å². The Morgan fingerprint density at radius 2 is 0.875 bits per heavy atom. The Kier molecular flexibility index (Phi) is 8.52. The van der Waals surface area contributed by atoms with Crippen LogP contribution in [0.5, 0.6) is 0 Å². The third kappa shape index (κ3) is 5.96. The van der Waals surface area contributed by atoms with Crippen LogP contribution in [0.25, 0.3) is 55.6 Å². The average Bonchev–Trinajstić information content (AvgIpc) is 3.50. The monoisotopic (exact) mass is 719 g/mol. The summed E-state index contributed by atoms with van der Waals surface area (Å²) in [4.78, 5) is 2.41. The smallest absolute Gasteiger partial charge is 0.0465 e. The second kappa shape index (κ2) is 14.0. The van der Waals surface area contributed by atoms with E-state index in [-0.39, 0.29) is 5.41 Å². The summed E-state index contributed by atoms with van der Waals surface area (Å²) in [6, 6.07) is 69.5. The fourth-order valence-electron chi connectivity index (χ4n) is 9.35. The van der Waals surface area contributed by atoms with Crippen LogP contribution in [0.15, 0.2) is 188 Å². The van der Waals surface area contributed by atoms with Crippen molar-refractivity contribution >= 4 is 17.1 Å². The Hall–Kier alpha value is -6.44. The van der Waals surface area contributed by atoms with Gasteiger partial charge in [-0.05, 0) is 140 Å². The standard InChI is InChI=1S/C55H45N/c1-55(2)52-22-12-21-50(43-15-7-4-8-16-43)54(52)51-36-35-47(37-53(51)55)56(45-31-27-40(28-32-45)38-13-5-3-6-14-38)46-33-29-41(30-34-46)39-23-25-44(26-24-39)49-20-11-18-42-17-9-10-19-48(42)49/h3-8,11-16,18,20-37H,9-10,17,19H2,1-2H3. The van der Waals surface area contributed by atoms with Gasteiger partial charge in [0.15, 0.2) is 0 Å². The predicted molar refractivity (Wildman–Crippen MR) is 237 cm³/mol. The molecule has 0 fully saturated rings. The lowest BCUT2D eigenvalue weighted by atomic mass is 9.81. The summed E-state index contributed by atoms with van der Waals surface area (Å²) in [5.41, 5.74) is 21.9. The van der Waals surface area contributed by atoms with E-state index in [1.165, 1.54) is 98.0 Å². The first-order chi connectivity index (χ1) is 27.5. The zero-order chi connectivity index (χ0) is 37.6. The van der Waals surface area contributed by atoms with Crippen LogP contribution in [0.4, 0.5) is 17.1 Å². The van der Waals surface area contributed by atoms with Crippen molar-refractivity contribution in [3.05, 3.63) is 210 Å². The molecule has 270 valence electrons. The minimum Gasteiger partial charge on any atom is -0.310 e. The molecule has 2 aliphatic rings. The van der Waals surface area contributed by atoms with Crippen LogP contribution in [-0.4, -0.2) is 0 Å². The topological polar surface area (TPSA) is 3.24 Å². The largest absolute Gasteiger partial charge is 0.310 e. The molecule has 0 saturated carbocycles. The van der Waals surface area contributed by atoms with E-state index in [2.05, 4.69) is 207 Å². The number of hydrogen-bond donors (Lipinski definition) is 0. The Morgan fingerprint density at radius 1 is 0.375 bits per heavy atom. The second-order valence-corrected chi connectivity index (χ2v) is 16.0. The fraction of sp³-hybridized carbons (Fsp3) is 0.127. The van der Waals surface area contributed by atoms with Gasteiger partial charge in [-0.3, -0.25) is 0 Å². The Bertz CT molecular complexity index is 2670. The molecule has 56 heavy (non-hydrogen) atoms. The molecule has 0 unspecified atom stereocenters. The summed E-state index contributed by atoms with van der Waals surface area (Å²) >= 11 is 0. The molecule has 0 amide bonds. The van der Waals surface area contributed by atoms with E-state index in [1.807, 2.05) is 0 Å². The molecular formula is C55H45N. The van der Waals surface area contributed by atoms with E-state index in [4.69, 9.17) is 0 Å². The van der Waals surface area contributed by atoms with Crippen LogP contribution in [0.2, 0.25) is 0 Å².